The molecule has 0 aliphatic carbocycles. The maximum absolute atomic E-state index is 12.3. The van der Waals surface area contributed by atoms with Crippen LogP contribution in [0.15, 0.2) is 59.3 Å². The maximum Gasteiger partial charge on any atom is 0.315 e. The summed E-state index contributed by atoms with van der Waals surface area (Å²) in [6.45, 7) is 2.64. The van der Waals surface area contributed by atoms with E-state index in [-0.39, 0.29) is 18.1 Å². The Kier molecular flexibility index (Phi) is 7.06. The molecule has 1 aromatic heterocycles. The minimum absolute atomic E-state index is 0.102. The topological polar surface area (TPSA) is 44.4 Å². The minimum atomic E-state index is -0.104. The number of nitrogens with zero attached hydrogens (tertiary/aromatic N) is 1. The Morgan fingerprint density at radius 1 is 1.07 bits per heavy atom. The second-order valence-corrected chi connectivity index (χ2v) is 8.33. The summed E-state index contributed by atoms with van der Waals surface area (Å²) in [5.41, 5.74) is 2.57. The molecule has 28 heavy (non-hydrogen) atoms. The number of nitrogens with one attached hydrogen (secondary N) is 2. The van der Waals surface area contributed by atoms with E-state index in [0.717, 1.165) is 12.8 Å². The molecule has 2 unspecified atom stereocenters. The molecule has 0 spiro atoms. The van der Waals surface area contributed by atoms with E-state index >= 15 is 0 Å². The van der Waals surface area contributed by atoms with Crippen molar-refractivity contribution in [3.63, 3.8) is 0 Å². The van der Waals surface area contributed by atoms with Gasteiger partial charge in [-0.05, 0) is 72.6 Å². The van der Waals surface area contributed by atoms with Gasteiger partial charge in [0.1, 0.15) is 0 Å². The number of fused-ring (bicyclic) bond motifs is 1. The molecule has 3 aromatic rings. The van der Waals surface area contributed by atoms with Gasteiger partial charge in [-0.25, -0.2) is 4.79 Å². The molecule has 5 heteroatoms. The molecular formula is C23H29N3OS. The number of hydrogen-bond donors (Lipinski definition) is 2. The number of urea groups is 1. The van der Waals surface area contributed by atoms with Crippen LogP contribution in [-0.2, 0) is 12.8 Å². The fraction of sp³-hybridized carbons (Fsp3) is 0.348. The van der Waals surface area contributed by atoms with Crippen molar-refractivity contribution in [2.45, 2.75) is 31.8 Å². The summed E-state index contributed by atoms with van der Waals surface area (Å²) in [5.74, 6) is 0. The lowest BCUT2D eigenvalue weighted by atomic mass is 9.98. The Labute approximate surface area is 171 Å². The number of hydrogen-bond acceptors (Lipinski definition) is 3. The Morgan fingerprint density at radius 2 is 1.86 bits per heavy atom. The van der Waals surface area contributed by atoms with Gasteiger partial charge in [-0.3, -0.25) is 0 Å². The third kappa shape index (κ3) is 5.57. The van der Waals surface area contributed by atoms with Crippen molar-refractivity contribution in [1.29, 1.82) is 0 Å². The minimum Gasteiger partial charge on any atom is -0.337 e. The van der Waals surface area contributed by atoms with Crippen LogP contribution in [0.2, 0.25) is 0 Å². The van der Waals surface area contributed by atoms with Crippen molar-refractivity contribution in [2.24, 2.45) is 0 Å². The molecule has 0 saturated carbocycles. The summed E-state index contributed by atoms with van der Waals surface area (Å²) in [4.78, 5) is 14.5. The van der Waals surface area contributed by atoms with E-state index in [0.29, 0.717) is 6.54 Å². The van der Waals surface area contributed by atoms with E-state index in [2.05, 4.69) is 88.9 Å². The van der Waals surface area contributed by atoms with Gasteiger partial charge in [-0.15, -0.1) is 0 Å². The van der Waals surface area contributed by atoms with Gasteiger partial charge in [0, 0.05) is 18.6 Å². The van der Waals surface area contributed by atoms with Crippen LogP contribution < -0.4 is 10.6 Å². The van der Waals surface area contributed by atoms with E-state index in [1.54, 1.807) is 11.3 Å². The average molecular weight is 396 g/mol. The molecule has 4 nitrogen and oxygen atoms in total. The average Bonchev–Trinajstić information content (AvgIpc) is 3.17. The first-order chi connectivity index (χ1) is 13.5. The van der Waals surface area contributed by atoms with Crippen molar-refractivity contribution < 1.29 is 4.79 Å². The fourth-order valence-corrected chi connectivity index (χ4v) is 4.14. The maximum atomic E-state index is 12.3. The molecule has 2 atom stereocenters. The molecule has 0 aliphatic rings. The largest absolute Gasteiger partial charge is 0.337 e. The zero-order valence-corrected chi connectivity index (χ0v) is 17.6. The van der Waals surface area contributed by atoms with Gasteiger partial charge < -0.3 is 15.5 Å². The van der Waals surface area contributed by atoms with Crippen LogP contribution in [0.5, 0.6) is 0 Å². The second-order valence-electron chi connectivity index (χ2n) is 7.55. The van der Waals surface area contributed by atoms with Crippen LogP contribution in [0.4, 0.5) is 4.79 Å². The zero-order valence-electron chi connectivity index (χ0n) is 16.8. The lowest BCUT2D eigenvalue weighted by molar-refractivity contribution is 0.229. The third-order valence-electron chi connectivity index (χ3n) is 5.06. The highest BCUT2D eigenvalue weighted by atomic mass is 32.1. The summed E-state index contributed by atoms with van der Waals surface area (Å²) in [6.07, 6.45) is 1.74. The van der Waals surface area contributed by atoms with Gasteiger partial charge in [0.25, 0.3) is 0 Å². The predicted octanol–water partition coefficient (Wildman–Crippen LogP) is 4.30. The van der Waals surface area contributed by atoms with Gasteiger partial charge in [0.15, 0.2) is 0 Å². The fourth-order valence-electron chi connectivity index (χ4n) is 3.46. The van der Waals surface area contributed by atoms with Crippen LogP contribution in [0.3, 0.4) is 0 Å². The molecule has 2 aromatic carbocycles. The zero-order chi connectivity index (χ0) is 19.9. The number of carbonyl (C=O) groups is 1. The summed E-state index contributed by atoms with van der Waals surface area (Å²) in [7, 11) is 4.13. The highest BCUT2D eigenvalue weighted by Crippen LogP contribution is 2.20. The highest BCUT2D eigenvalue weighted by Gasteiger charge is 2.16. The number of rotatable bonds is 8. The Balaban J connectivity index is 1.56. The third-order valence-corrected chi connectivity index (χ3v) is 5.80. The van der Waals surface area contributed by atoms with Crippen LogP contribution in [0.25, 0.3) is 10.8 Å². The van der Waals surface area contributed by atoms with Gasteiger partial charge >= 0.3 is 6.03 Å². The van der Waals surface area contributed by atoms with E-state index in [9.17, 15) is 4.79 Å². The molecular weight excluding hydrogens is 366 g/mol. The molecule has 148 valence electrons. The summed E-state index contributed by atoms with van der Waals surface area (Å²) >= 11 is 1.69. The normalized spacial score (nSPS) is 13.4. The first-order valence-corrected chi connectivity index (χ1v) is 10.7. The molecule has 3 rings (SSSR count). The molecule has 2 N–H and O–H groups in total. The summed E-state index contributed by atoms with van der Waals surface area (Å²) in [6, 6.07) is 17.2. The van der Waals surface area contributed by atoms with Crippen molar-refractivity contribution in [1.82, 2.24) is 15.5 Å². The van der Waals surface area contributed by atoms with E-state index in [4.69, 9.17) is 0 Å². The molecule has 0 fully saturated rings. The molecule has 0 radical (unpaired) electrons. The van der Waals surface area contributed by atoms with E-state index in [1.807, 2.05) is 6.92 Å². The quantitative estimate of drug-likeness (QED) is 0.597. The Hall–Kier alpha value is -2.37. The first-order valence-electron chi connectivity index (χ1n) is 9.71. The monoisotopic (exact) mass is 395 g/mol. The standard InChI is InChI=1S/C23H29N3OS/c1-17(13-18-11-12-28-16-18)25-23(27)24-15-21(26(2)3)14-20-9-6-8-19-7-4-5-10-22(19)20/h4-12,16-17,21H,13-15H2,1-3H3,(H2,24,25,27). The molecule has 2 amide bonds. The smallest absolute Gasteiger partial charge is 0.315 e. The summed E-state index contributed by atoms with van der Waals surface area (Å²) in [5, 5.41) is 12.8. The Morgan fingerprint density at radius 3 is 2.61 bits per heavy atom. The second kappa shape index (κ2) is 9.71. The SMILES string of the molecule is CC(Cc1ccsc1)NC(=O)NCC(Cc1cccc2ccccc12)N(C)C. The van der Waals surface area contributed by atoms with Crippen LogP contribution >= 0.6 is 11.3 Å². The van der Waals surface area contributed by atoms with Crippen molar-refractivity contribution in [3.8, 4) is 0 Å². The van der Waals surface area contributed by atoms with E-state index < -0.39 is 0 Å². The number of thiophene rings is 1. The first kappa shape index (κ1) is 20.4. The van der Waals surface area contributed by atoms with Crippen molar-refractivity contribution in [2.75, 3.05) is 20.6 Å². The van der Waals surface area contributed by atoms with Gasteiger partial charge in [-0.2, -0.15) is 11.3 Å². The van der Waals surface area contributed by atoms with Gasteiger partial charge in [-0.1, -0.05) is 42.5 Å². The van der Waals surface area contributed by atoms with Gasteiger partial charge in [0.05, 0.1) is 0 Å². The number of benzene rings is 2. The highest BCUT2D eigenvalue weighted by molar-refractivity contribution is 7.07. The molecule has 1 heterocycles. The van der Waals surface area contributed by atoms with Crippen LogP contribution in [0.1, 0.15) is 18.1 Å². The lowest BCUT2D eigenvalue weighted by Crippen LogP contribution is -2.47. The van der Waals surface area contributed by atoms with Crippen LogP contribution in [0, 0.1) is 0 Å². The molecule has 0 aliphatic heterocycles. The predicted molar refractivity (Wildman–Crippen MR) is 119 cm³/mol. The summed E-state index contributed by atoms with van der Waals surface area (Å²) < 4.78 is 0. The van der Waals surface area contributed by atoms with E-state index in [1.165, 1.54) is 21.9 Å². The van der Waals surface area contributed by atoms with Gasteiger partial charge in [0.2, 0.25) is 0 Å². The van der Waals surface area contributed by atoms with Crippen molar-refractivity contribution >= 4 is 28.1 Å². The molecule has 0 bridgehead atoms. The number of carbonyl (C=O) groups excluding carboxylic acids is 1. The molecule has 0 saturated heterocycles. The number of likely N-dealkylation sites (N-methyl/N-ethyl adjacent to an activating group) is 1. The van der Waals surface area contributed by atoms with Crippen LogP contribution in [-0.4, -0.2) is 43.7 Å². The number of amides is 2. The van der Waals surface area contributed by atoms with Crippen molar-refractivity contribution in [3.05, 3.63) is 70.4 Å². The lowest BCUT2D eigenvalue weighted by Gasteiger charge is -2.26. The Bertz CT molecular complexity index is 887.